The van der Waals surface area contributed by atoms with Gasteiger partial charge in [0.25, 0.3) is 0 Å². The Kier molecular flexibility index (Phi) is 9.24. The molecule has 1 aliphatic carbocycles. The molecule has 1 saturated carbocycles. The third-order valence-electron chi connectivity index (χ3n) is 6.72. The predicted octanol–water partition coefficient (Wildman–Crippen LogP) is 9.35. The Balaban J connectivity index is 1.39. The van der Waals surface area contributed by atoms with Gasteiger partial charge < -0.3 is 0 Å². The molecule has 158 valence electrons. The molecule has 0 amide bonds. The molecule has 0 atom stereocenters. The van der Waals surface area contributed by atoms with Gasteiger partial charge in [0, 0.05) is 10.0 Å². The van der Waals surface area contributed by atoms with Crippen molar-refractivity contribution in [3.8, 4) is 11.1 Å². The van der Waals surface area contributed by atoms with Crippen LogP contribution < -0.4 is 0 Å². The van der Waals surface area contributed by atoms with Gasteiger partial charge in [-0.05, 0) is 47.9 Å². The SMILES string of the molecule is CCCCCCCC1CCC(CCc2ccc(-c3ccc(Br)cc3F)cc2)CC1. The fourth-order valence-electron chi connectivity index (χ4n) is 4.79. The van der Waals surface area contributed by atoms with E-state index in [0.717, 1.165) is 28.3 Å². The van der Waals surface area contributed by atoms with Crippen molar-refractivity contribution in [2.24, 2.45) is 11.8 Å². The molecule has 2 heteroatoms. The molecule has 0 aliphatic heterocycles. The molecule has 0 spiro atoms. The molecule has 0 aromatic heterocycles. The molecular formula is C27H36BrF. The van der Waals surface area contributed by atoms with Gasteiger partial charge in [-0.1, -0.05) is 117 Å². The average molecular weight is 459 g/mol. The lowest BCUT2D eigenvalue weighted by Crippen LogP contribution is -2.15. The van der Waals surface area contributed by atoms with Crippen LogP contribution in [0.25, 0.3) is 11.1 Å². The first kappa shape index (κ1) is 22.5. The second-order valence-electron chi connectivity index (χ2n) is 8.95. The quantitative estimate of drug-likeness (QED) is 0.311. The normalized spacial score (nSPS) is 19.4. The molecule has 1 fully saturated rings. The average Bonchev–Trinajstić information content (AvgIpc) is 2.73. The molecule has 0 nitrogen and oxygen atoms in total. The number of benzene rings is 2. The summed E-state index contributed by atoms with van der Waals surface area (Å²) in [6.07, 6.45) is 16.7. The maximum absolute atomic E-state index is 14.2. The summed E-state index contributed by atoms with van der Waals surface area (Å²) in [4.78, 5) is 0. The van der Waals surface area contributed by atoms with Crippen LogP contribution in [0.2, 0.25) is 0 Å². The van der Waals surface area contributed by atoms with Crippen molar-refractivity contribution in [3.63, 3.8) is 0 Å². The lowest BCUT2D eigenvalue weighted by Gasteiger charge is -2.28. The van der Waals surface area contributed by atoms with Crippen LogP contribution in [0.15, 0.2) is 46.9 Å². The van der Waals surface area contributed by atoms with Crippen molar-refractivity contribution in [1.82, 2.24) is 0 Å². The highest BCUT2D eigenvalue weighted by atomic mass is 79.9. The summed E-state index contributed by atoms with van der Waals surface area (Å²) in [7, 11) is 0. The van der Waals surface area contributed by atoms with Gasteiger partial charge in [-0.15, -0.1) is 0 Å². The van der Waals surface area contributed by atoms with Crippen LogP contribution in [0.4, 0.5) is 4.39 Å². The zero-order valence-electron chi connectivity index (χ0n) is 17.9. The third-order valence-corrected chi connectivity index (χ3v) is 7.21. The minimum absolute atomic E-state index is 0.172. The van der Waals surface area contributed by atoms with Gasteiger partial charge in [-0.2, -0.15) is 0 Å². The Bertz CT molecular complexity index is 729. The molecule has 0 unspecified atom stereocenters. The van der Waals surface area contributed by atoms with Gasteiger partial charge in [-0.3, -0.25) is 0 Å². The number of halogens is 2. The minimum atomic E-state index is -0.172. The Hall–Kier alpha value is -1.15. The van der Waals surface area contributed by atoms with Crippen LogP contribution in [-0.4, -0.2) is 0 Å². The monoisotopic (exact) mass is 458 g/mol. The van der Waals surface area contributed by atoms with Gasteiger partial charge in [0.2, 0.25) is 0 Å². The highest BCUT2D eigenvalue weighted by Gasteiger charge is 2.20. The van der Waals surface area contributed by atoms with E-state index in [2.05, 4.69) is 47.1 Å². The molecule has 2 aromatic carbocycles. The summed E-state index contributed by atoms with van der Waals surface area (Å²) < 4.78 is 14.9. The van der Waals surface area contributed by atoms with Crippen molar-refractivity contribution >= 4 is 15.9 Å². The van der Waals surface area contributed by atoms with E-state index in [1.54, 1.807) is 0 Å². The largest absolute Gasteiger partial charge is 0.206 e. The van der Waals surface area contributed by atoms with Crippen molar-refractivity contribution in [2.75, 3.05) is 0 Å². The number of rotatable bonds is 10. The lowest BCUT2D eigenvalue weighted by molar-refractivity contribution is 0.248. The van der Waals surface area contributed by atoms with Crippen molar-refractivity contribution in [2.45, 2.75) is 84.0 Å². The fraction of sp³-hybridized carbons (Fsp3) is 0.556. The maximum Gasteiger partial charge on any atom is 0.132 e. The van der Waals surface area contributed by atoms with Gasteiger partial charge in [0.15, 0.2) is 0 Å². The zero-order chi connectivity index (χ0) is 20.5. The summed E-state index contributed by atoms with van der Waals surface area (Å²) in [5.74, 6) is 1.72. The Morgan fingerprint density at radius 2 is 1.48 bits per heavy atom. The molecular weight excluding hydrogens is 423 g/mol. The number of hydrogen-bond donors (Lipinski definition) is 0. The maximum atomic E-state index is 14.2. The van der Waals surface area contributed by atoms with E-state index >= 15 is 0 Å². The van der Waals surface area contributed by atoms with Crippen LogP contribution in [0.1, 0.15) is 83.1 Å². The first-order valence-electron chi connectivity index (χ1n) is 11.7. The molecule has 0 radical (unpaired) electrons. The number of aryl methyl sites for hydroxylation is 1. The molecule has 29 heavy (non-hydrogen) atoms. The second-order valence-corrected chi connectivity index (χ2v) is 9.87. The summed E-state index contributed by atoms with van der Waals surface area (Å²) in [6, 6.07) is 13.8. The molecule has 0 bridgehead atoms. The van der Waals surface area contributed by atoms with Gasteiger partial charge in [-0.25, -0.2) is 4.39 Å². The van der Waals surface area contributed by atoms with E-state index in [4.69, 9.17) is 0 Å². The zero-order valence-corrected chi connectivity index (χ0v) is 19.5. The summed E-state index contributed by atoms with van der Waals surface area (Å²) in [5, 5.41) is 0. The van der Waals surface area contributed by atoms with Crippen molar-refractivity contribution in [3.05, 3.63) is 58.3 Å². The Labute approximate surface area is 185 Å². The molecule has 0 heterocycles. The van der Waals surface area contributed by atoms with Crippen LogP contribution >= 0.6 is 15.9 Å². The third kappa shape index (κ3) is 7.24. The summed E-state index contributed by atoms with van der Waals surface area (Å²) in [5.41, 5.74) is 3.01. The highest BCUT2D eigenvalue weighted by Crippen LogP contribution is 2.34. The molecule has 0 saturated heterocycles. The van der Waals surface area contributed by atoms with E-state index in [-0.39, 0.29) is 5.82 Å². The fourth-order valence-corrected chi connectivity index (χ4v) is 5.12. The van der Waals surface area contributed by atoms with E-state index < -0.39 is 0 Å². The van der Waals surface area contributed by atoms with Crippen LogP contribution in [0.3, 0.4) is 0 Å². The van der Waals surface area contributed by atoms with E-state index in [0.29, 0.717) is 5.56 Å². The second kappa shape index (κ2) is 11.9. The Morgan fingerprint density at radius 3 is 2.14 bits per heavy atom. The minimum Gasteiger partial charge on any atom is -0.206 e. The van der Waals surface area contributed by atoms with Crippen LogP contribution in [0.5, 0.6) is 0 Å². The standard InChI is InChI=1S/C27H36BrF/c1-2-3-4-5-6-7-21-8-10-22(11-9-21)12-13-23-14-16-24(17-15-23)26-19-18-25(28)20-27(26)29/h14-22H,2-13H2,1H3. The van der Waals surface area contributed by atoms with Crippen molar-refractivity contribution < 1.29 is 4.39 Å². The topological polar surface area (TPSA) is 0 Å². The molecule has 1 aliphatic rings. The Morgan fingerprint density at radius 1 is 0.828 bits per heavy atom. The van der Waals surface area contributed by atoms with Crippen molar-refractivity contribution in [1.29, 1.82) is 0 Å². The number of hydrogen-bond acceptors (Lipinski definition) is 0. The van der Waals surface area contributed by atoms with E-state index in [1.807, 2.05) is 12.1 Å². The number of unbranched alkanes of at least 4 members (excludes halogenated alkanes) is 4. The highest BCUT2D eigenvalue weighted by molar-refractivity contribution is 9.10. The van der Waals surface area contributed by atoms with Gasteiger partial charge in [0.1, 0.15) is 5.82 Å². The molecule has 3 rings (SSSR count). The summed E-state index contributed by atoms with van der Waals surface area (Å²) >= 11 is 3.32. The summed E-state index contributed by atoms with van der Waals surface area (Å²) in [6.45, 7) is 2.29. The predicted molar refractivity (Wildman–Crippen MR) is 127 cm³/mol. The first-order valence-corrected chi connectivity index (χ1v) is 12.5. The van der Waals surface area contributed by atoms with Crippen LogP contribution in [0, 0.1) is 17.7 Å². The molecule has 2 aromatic rings. The van der Waals surface area contributed by atoms with E-state index in [9.17, 15) is 4.39 Å². The van der Waals surface area contributed by atoms with E-state index in [1.165, 1.54) is 82.3 Å². The van der Waals surface area contributed by atoms with Gasteiger partial charge in [0.05, 0.1) is 0 Å². The smallest absolute Gasteiger partial charge is 0.132 e. The first-order chi connectivity index (χ1) is 14.2. The van der Waals surface area contributed by atoms with Crippen LogP contribution in [-0.2, 0) is 6.42 Å². The van der Waals surface area contributed by atoms with Gasteiger partial charge >= 0.3 is 0 Å². The molecule has 0 N–H and O–H groups in total. The lowest BCUT2D eigenvalue weighted by atomic mass is 9.77.